The Labute approximate surface area is 132 Å². The minimum atomic E-state index is 0.294. The molecule has 22 heavy (non-hydrogen) atoms. The normalized spacial score (nSPS) is 18.9. The van der Waals surface area contributed by atoms with Gasteiger partial charge in [0.2, 0.25) is 0 Å². The molecule has 0 saturated carbocycles. The Kier molecular flexibility index (Phi) is 3.28. The highest BCUT2D eigenvalue weighted by molar-refractivity contribution is 6.33. The van der Waals surface area contributed by atoms with Crippen molar-refractivity contribution >= 4 is 23.1 Å². The third kappa shape index (κ3) is 2.07. The van der Waals surface area contributed by atoms with Gasteiger partial charge in [0.1, 0.15) is 10.8 Å². The lowest BCUT2D eigenvalue weighted by molar-refractivity contribution is 0.455. The maximum atomic E-state index is 6.46. The number of aromatic nitrogens is 4. The number of nitrogens with one attached hydrogen (secondary N) is 2. The fourth-order valence-electron chi connectivity index (χ4n) is 3.06. The van der Waals surface area contributed by atoms with Crippen molar-refractivity contribution in [2.24, 2.45) is 0 Å². The van der Waals surface area contributed by atoms with E-state index in [0.29, 0.717) is 16.8 Å². The van der Waals surface area contributed by atoms with Gasteiger partial charge in [-0.2, -0.15) is 9.61 Å². The van der Waals surface area contributed by atoms with Crippen LogP contribution in [0.4, 0.5) is 5.82 Å². The molecule has 0 spiro atoms. The molecule has 1 unspecified atom stereocenters. The van der Waals surface area contributed by atoms with Crippen molar-refractivity contribution < 1.29 is 0 Å². The van der Waals surface area contributed by atoms with Gasteiger partial charge >= 0.3 is 0 Å². The van der Waals surface area contributed by atoms with E-state index in [4.69, 9.17) is 22.3 Å². The highest BCUT2D eigenvalue weighted by Gasteiger charge is 2.24. The first-order chi connectivity index (χ1) is 10.8. The molecule has 114 valence electrons. The lowest BCUT2D eigenvalue weighted by Crippen LogP contribution is -2.29. The van der Waals surface area contributed by atoms with Crippen LogP contribution in [0, 0.1) is 0 Å². The van der Waals surface area contributed by atoms with E-state index in [9.17, 15) is 0 Å². The maximum absolute atomic E-state index is 6.46. The number of piperidine rings is 1. The van der Waals surface area contributed by atoms with Crippen LogP contribution >= 0.6 is 11.6 Å². The Balaban J connectivity index is 1.90. The van der Waals surface area contributed by atoms with Crippen molar-refractivity contribution in [3.05, 3.63) is 35.4 Å². The van der Waals surface area contributed by atoms with Crippen LogP contribution in [0.25, 0.3) is 16.8 Å². The molecule has 1 aliphatic heterocycles. The molecule has 0 aromatic carbocycles. The van der Waals surface area contributed by atoms with Gasteiger partial charge in [0.15, 0.2) is 5.65 Å². The highest BCUT2D eigenvalue weighted by Crippen LogP contribution is 2.34. The summed E-state index contributed by atoms with van der Waals surface area (Å²) in [7, 11) is 0. The quantitative estimate of drug-likeness (QED) is 0.678. The molecule has 3 aromatic rings. The molecule has 1 atom stereocenters. The predicted molar refractivity (Wildman–Crippen MR) is 87.0 cm³/mol. The number of H-pyrrole nitrogens is 1. The molecule has 0 amide bonds. The van der Waals surface area contributed by atoms with Crippen molar-refractivity contribution in [1.82, 2.24) is 24.9 Å². The minimum Gasteiger partial charge on any atom is -0.382 e. The van der Waals surface area contributed by atoms with Gasteiger partial charge in [-0.3, -0.25) is 0 Å². The number of nitrogens with zero attached hydrogens (tertiary/aromatic N) is 3. The smallest absolute Gasteiger partial charge is 0.165 e. The first-order valence-electron chi connectivity index (χ1n) is 7.42. The van der Waals surface area contributed by atoms with Gasteiger partial charge in [0.05, 0.1) is 11.9 Å². The molecule has 0 bridgehead atoms. The molecule has 1 saturated heterocycles. The van der Waals surface area contributed by atoms with Gasteiger partial charge in [-0.15, -0.1) is 0 Å². The van der Waals surface area contributed by atoms with E-state index in [0.717, 1.165) is 48.4 Å². The lowest BCUT2D eigenvalue weighted by atomic mass is 9.95. The summed E-state index contributed by atoms with van der Waals surface area (Å²) in [6.07, 6.45) is 7.77. The summed E-state index contributed by atoms with van der Waals surface area (Å²) in [5, 5.41) is 8.25. The average Bonchev–Trinajstić information content (AvgIpc) is 3.20. The SMILES string of the molecule is Nc1c(Cl)c(C2CCCNC2)nc2c(-c3cc[nH]c3)cnn12. The van der Waals surface area contributed by atoms with Crippen LogP contribution < -0.4 is 11.1 Å². The average molecular weight is 317 g/mol. The van der Waals surface area contributed by atoms with Crippen LogP contribution in [-0.4, -0.2) is 32.7 Å². The summed E-state index contributed by atoms with van der Waals surface area (Å²) in [4.78, 5) is 7.86. The highest BCUT2D eigenvalue weighted by atomic mass is 35.5. The molecular weight excluding hydrogens is 300 g/mol. The number of nitrogens with two attached hydrogens (primary N) is 1. The lowest BCUT2D eigenvalue weighted by Gasteiger charge is -2.23. The Morgan fingerprint density at radius 2 is 2.32 bits per heavy atom. The van der Waals surface area contributed by atoms with Gasteiger partial charge < -0.3 is 16.0 Å². The molecule has 3 aromatic heterocycles. The molecule has 6 nitrogen and oxygen atoms in total. The van der Waals surface area contributed by atoms with E-state index < -0.39 is 0 Å². The minimum absolute atomic E-state index is 0.294. The van der Waals surface area contributed by atoms with Gasteiger partial charge in [-0.25, -0.2) is 4.98 Å². The van der Waals surface area contributed by atoms with E-state index in [2.05, 4.69) is 15.4 Å². The second-order valence-electron chi connectivity index (χ2n) is 5.63. The van der Waals surface area contributed by atoms with Crippen molar-refractivity contribution in [2.75, 3.05) is 18.8 Å². The molecule has 1 aliphatic rings. The number of hydrogen-bond donors (Lipinski definition) is 3. The zero-order valence-electron chi connectivity index (χ0n) is 12.0. The Bertz CT molecular complexity index is 801. The number of anilines is 1. The number of halogens is 1. The van der Waals surface area contributed by atoms with E-state index >= 15 is 0 Å². The maximum Gasteiger partial charge on any atom is 0.165 e. The van der Waals surface area contributed by atoms with Crippen molar-refractivity contribution in [2.45, 2.75) is 18.8 Å². The first kappa shape index (κ1) is 13.6. The van der Waals surface area contributed by atoms with Crippen molar-refractivity contribution in [3.8, 4) is 11.1 Å². The Morgan fingerprint density at radius 1 is 1.41 bits per heavy atom. The second kappa shape index (κ2) is 5.30. The van der Waals surface area contributed by atoms with Crippen molar-refractivity contribution in [3.63, 3.8) is 0 Å². The topological polar surface area (TPSA) is 84.0 Å². The molecule has 4 N–H and O–H groups in total. The zero-order valence-corrected chi connectivity index (χ0v) is 12.8. The van der Waals surface area contributed by atoms with E-state index in [1.165, 1.54) is 0 Å². The standard InChI is InChI=1S/C15H17ClN6/c16-12-13(10-2-1-4-18-7-10)21-15-11(9-3-5-19-6-9)8-20-22(15)14(12)17/h3,5-6,8,10,18-19H,1-2,4,7,17H2. The Hall–Kier alpha value is -2.05. The van der Waals surface area contributed by atoms with Gasteiger partial charge in [0.25, 0.3) is 0 Å². The van der Waals surface area contributed by atoms with E-state index in [-0.39, 0.29) is 0 Å². The fourth-order valence-corrected chi connectivity index (χ4v) is 3.34. The first-order valence-corrected chi connectivity index (χ1v) is 7.80. The number of fused-ring (bicyclic) bond motifs is 1. The Morgan fingerprint density at radius 3 is 3.05 bits per heavy atom. The number of nitrogen functional groups attached to an aromatic ring is 1. The molecule has 0 radical (unpaired) electrons. The molecule has 1 fully saturated rings. The van der Waals surface area contributed by atoms with Gasteiger partial charge in [0, 0.05) is 36.0 Å². The van der Waals surface area contributed by atoms with Gasteiger partial charge in [-0.05, 0) is 25.5 Å². The van der Waals surface area contributed by atoms with E-state index in [1.807, 2.05) is 18.5 Å². The van der Waals surface area contributed by atoms with Gasteiger partial charge in [-0.1, -0.05) is 11.6 Å². The number of rotatable bonds is 2. The fraction of sp³-hybridized carbons (Fsp3) is 0.333. The van der Waals surface area contributed by atoms with Crippen molar-refractivity contribution in [1.29, 1.82) is 0 Å². The molecule has 7 heteroatoms. The number of aromatic amines is 1. The van der Waals surface area contributed by atoms with Crippen LogP contribution in [0.2, 0.25) is 5.02 Å². The summed E-state index contributed by atoms with van der Waals surface area (Å²) in [5.41, 5.74) is 9.81. The monoisotopic (exact) mass is 316 g/mol. The summed E-state index contributed by atoms with van der Waals surface area (Å²) in [6, 6.07) is 1.99. The zero-order chi connectivity index (χ0) is 15.1. The van der Waals surface area contributed by atoms with E-state index in [1.54, 1.807) is 10.7 Å². The van der Waals surface area contributed by atoms with Crippen LogP contribution in [0.1, 0.15) is 24.5 Å². The third-order valence-corrected chi connectivity index (χ3v) is 4.63. The largest absolute Gasteiger partial charge is 0.382 e. The predicted octanol–water partition coefficient (Wildman–Crippen LogP) is 2.43. The molecule has 4 rings (SSSR count). The van der Waals surface area contributed by atoms with Crippen LogP contribution in [0.3, 0.4) is 0 Å². The second-order valence-corrected chi connectivity index (χ2v) is 6.01. The van der Waals surface area contributed by atoms with Crippen LogP contribution in [0.5, 0.6) is 0 Å². The third-order valence-electron chi connectivity index (χ3n) is 4.24. The summed E-state index contributed by atoms with van der Waals surface area (Å²) in [6.45, 7) is 1.93. The number of hydrogen-bond acceptors (Lipinski definition) is 4. The summed E-state index contributed by atoms with van der Waals surface area (Å²) in [5.74, 6) is 0.747. The molecule has 4 heterocycles. The van der Waals surface area contributed by atoms with Crippen LogP contribution in [0.15, 0.2) is 24.7 Å². The van der Waals surface area contributed by atoms with Crippen LogP contribution in [-0.2, 0) is 0 Å². The molecular formula is C15H17ClN6. The summed E-state index contributed by atoms with van der Waals surface area (Å²) >= 11 is 6.46. The molecule has 0 aliphatic carbocycles. The summed E-state index contributed by atoms with van der Waals surface area (Å²) < 4.78 is 1.62.